The molecule has 20 heavy (non-hydrogen) atoms. The molecule has 0 bridgehead atoms. The number of aryl methyl sites for hydroxylation is 1. The third-order valence-electron chi connectivity index (χ3n) is 2.92. The zero-order chi connectivity index (χ0) is 14.8. The molecular formula is C15H15F2NOS. The van der Waals surface area contributed by atoms with Gasteiger partial charge in [-0.2, -0.15) is 0 Å². The predicted molar refractivity (Wildman–Crippen MR) is 77.2 cm³/mol. The highest BCUT2D eigenvalue weighted by molar-refractivity contribution is 7.85. The number of nitrogen functional groups attached to an aromatic ring is 1. The van der Waals surface area contributed by atoms with Crippen molar-refractivity contribution < 1.29 is 13.0 Å². The molecule has 1 atom stereocenters. The molecule has 2 nitrogen and oxygen atoms in total. The molecule has 2 aromatic rings. The second kappa shape index (κ2) is 5.71. The zero-order valence-electron chi connectivity index (χ0n) is 11.0. The standard InChI is InChI=1S/C15H15F2NOS/c1-11-7-8-14(13(18)9-11)20(19)10-15(16,17)12-5-3-2-4-6-12/h2-9H,10,18H2,1H3. The molecule has 2 N–H and O–H groups in total. The first-order chi connectivity index (χ1) is 9.40. The van der Waals surface area contributed by atoms with E-state index in [1.807, 2.05) is 6.92 Å². The summed E-state index contributed by atoms with van der Waals surface area (Å²) in [5, 5.41) is 0. The van der Waals surface area contributed by atoms with Gasteiger partial charge >= 0.3 is 0 Å². The van der Waals surface area contributed by atoms with Crippen molar-refractivity contribution in [1.29, 1.82) is 0 Å². The summed E-state index contributed by atoms with van der Waals surface area (Å²) in [5.41, 5.74) is 6.79. The molecule has 0 saturated heterocycles. The SMILES string of the molecule is Cc1ccc(S(=O)CC(F)(F)c2ccccc2)c(N)c1. The lowest BCUT2D eigenvalue weighted by atomic mass is 10.1. The van der Waals surface area contributed by atoms with Crippen LogP contribution in [0.5, 0.6) is 0 Å². The molecule has 0 heterocycles. The van der Waals surface area contributed by atoms with Gasteiger partial charge in [-0.15, -0.1) is 0 Å². The van der Waals surface area contributed by atoms with Gasteiger partial charge in [0.1, 0.15) is 0 Å². The number of halogens is 2. The van der Waals surface area contributed by atoms with E-state index in [0.717, 1.165) is 5.56 Å². The molecule has 0 radical (unpaired) electrons. The monoisotopic (exact) mass is 295 g/mol. The van der Waals surface area contributed by atoms with Crippen LogP contribution in [0.25, 0.3) is 0 Å². The van der Waals surface area contributed by atoms with Gasteiger partial charge < -0.3 is 5.73 Å². The Morgan fingerprint density at radius 2 is 1.80 bits per heavy atom. The van der Waals surface area contributed by atoms with Crippen molar-refractivity contribution in [3.63, 3.8) is 0 Å². The summed E-state index contributed by atoms with van der Waals surface area (Å²) in [6.45, 7) is 1.83. The van der Waals surface area contributed by atoms with E-state index < -0.39 is 22.5 Å². The van der Waals surface area contributed by atoms with Crippen molar-refractivity contribution in [1.82, 2.24) is 0 Å². The van der Waals surface area contributed by atoms with Crippen molar-refractivity contribution in [2.75, 3.05) is 11.5 Å². The van der Waals surface area contributed by atoms with Crippen molar-refractivity contribution in [2.24, 2.45) is 0 Å². The van der Waals surface area contributed by atoms with E-state index in [4.69, 9.17) is 5.73 Å². The highest BCUT2D eigenvalue weighted by atomic mass is 32.2. The number of nitrogens with two attached hydrogens (primary N) is 1. The summed E-state index contributed by atoms with van der Waals surface area (Å²) in [7, 11) is -1.85. The topological polar surface area (TPSA) is 43.1 Å². The number of rotatable bonds is 4. The Morgan fingerprint density at radius 1 is 1.15 bits per heavy atom. The van der Waals surface area contributed by atoms with Crippen LogP contribution < -0.4 is 5.73 Å². The van der Waals surface area contributed by atoms with Gasteiger partial charge in [-0.25, -0.2) is 8.78 Å². The van der Waals surface area contributed by atoms with Crippen molar-refractivity contribution >= 4 is 16.5 Å². The summed E-state index contributed by atoms with van der Waals surface area (Å²) < 4.78 is 40.3. The van der Waals surface area contributed by atoms with Gasteiger partial charge in [-0.1, -0.05) is 36.4 Å². The molecule has 0 aliphatic heterocycles. The highest BCUT2D eigenvalue weighted by Crippen LogP contribution is 2.31. The van der Waals surface area contributed by atoms with Crippen LogP contribution in [0.3, 0.4) is 0 Å². The number of benzene rings is 2. The van der Waals surface area contributed by atoms with E-state index in [1.54, 1.807) is 24.3 Å². The van der Waals surface area contributed by atoms with Crippen LogP contribution in [0.2, 0.25) is 0 Å². The molecule has 0 saturated carbocycles. The van der Waals surface area contributed by atoms with Gasteiger partial charge in [-0.05, 0) is 24.6 Å². The maximum Gasteiger partial charge on any atom is 0.284 e. The fourth-order valence-corrected chi connectivity index (χ4v) is 3.08. The van der Waals surface area contributed by atoms with E-state index in [-0.39, 0.29) is 16.1 Å². The van der Waals surface area contributed by atoms with Gasteiger partial charge in [0.25, 0.3) is 5.92 Å². The van der Waals surface area contributed by atoms with Crippen LogP contribution in [0.4, 0.5) is 14.5 Å². The van der Waals surface area contributed by atoms with Gasteiger partial charge in [0.15, 0.2) is 0 Å². The van der Waals surface area contributed by atoms with E-state index >= 15 is 0 Å². The first kappa shape index (κ1) is 14.7. The Bertz CT molecular complexity index is 629. The van der Waals surface area contributed by atoms with Crippen molar-refractivity contribution in [3.8, 4) is 0 Å². The third-order valence-corrected chi connectivity index (χ3v) is 4.41. The van der Waals surface area contributed by atoms with Crippen molar-refractivity contribution in [3.05, 3.63) is 59.7 Å². The van der Waals surface area contributed by atoms with E-state index in [1.165, 1.54) is 24.3 Å². The minimum absolute atomic E-state index is 0.140. The summed E-state index contributed by atoms with van der Waals surface area (Å²) >= 11 is 0. The molecule has 1 unspecified atom stereocenters. The second-order valence-electron chi connectivity index (χ2n) is 4.60. The normalized spacial score (nSPS) is 13.2. The molecule has 0 amide bonds. The van der Waals surface area contributed by atoms with Crippen LogP contribution in [-0.2, 0) is 16.7 Å². The molecule has 106 valence electrons. The summed E-state index contributed by atoms with van der Waals surface area (Å²) in [6, 6.07) is 12.3. The Kier molecular flexibility index (Phi) is 4.18. The molecule has 0 aliphatic carbocycles. The Balaban J connectivity index is 2.23. The minimum atomic E-state index is -3.15. The fraction of sp³-hybridized carbons (Fsp3) is 0.200. The van der Waals surface area contributed by atoms with Gasteiger partial charge in [0.05, 0.1) is 21.4 Å². The number of alkyl halides is 2. The molecule has 0 aromatic heterocycles. The van der Waals surface area contributed by atoms with Gasteiger partial charge in [-0.3, -0.25) is 4.21 Å². The Hall–Kier alpha value is -1.75. The van der Waals surface area contributed by atoms with Crippen LogP contribution in [-0.4, -0.2) is 9.96 Å². The van der Waals surface area contributed by atoms with Crippen LogP contribution in [0.1, 0.15) is 11.1 Å². The quantitative estimate of drug-likeness (QED) is 0.878. The lowest BCUT2D eigenvalue weighted by Crippen LogP contribution is -2.22. The van der Waals surface area contributed by atoms with Crippen LogP contribution in [0.15, 0.2) is 53.4 Å². The molecule has 0 aliphatic rings. The van der Waals surface area contributed by atoms with E-state index in [0.29, 0.717) is 0 Å². The van der Waals surface area contributed by atoms with Crippen molar-refractivity contribution in [2.45, 2.75) is 17.7 Å². The Morgan fingerprint density at radius 3 is 2.40 bits per heavy atom. The van der Waals surface area contributed by atoms with Crippen LogP contribution >= 0.6 is 0 Å². The largest absolute Gasteiger partial charge is 0.398 e. The Labute approximate surface area is 119 Å². The second-order valence-corrected chi connectivity index (χ2v) is 6.02. The number of anilines is 1. The molecule has 2 aromatic carbocycles. The molecule has 5 heteroatoms. The lowest BCUT2D eigenvalue weighted by Gasteiger charge is -2.17. The summed E-state index contributed by atoms with van der Waals surface area (Å²) in [5.74, 6) is -3.92. The first-order valence-electron chi connectivity index (χ1n) is 6.08. The van der Waals surface area contributed by atoms with E-state index in [2.05, 4.69) is 0 Å². The van der Waals surface area contributed by atoms with E-state index in [9.17, 15) is 13.0 Å². The van der Waals surface area contributed by atoms with Gasteiger partial charge in [0, 0.05) is 11.3 Å². The zero-order valence-corrected chi connectivity index (χ0v) is 11.8. The summed E-state index contributed by atoms with van der Waals surface area (Å²) in [6.07, 6.45) is 0. The minimum Gasteiger partial charge on any atom is -0.398 e. The van der Waals surface area contributed by atoms with Gasteiger partial charge in [0.2, 0.25) is 0 Å². The highest BCUT2D eigenvalue weighted by Gasteiger charge is 2.34. The lowest BCUT2D eigenvalue weighted by molar-refractivity contribution is 0.0222. The molecule has 0 fully saturated rings. The number of hydrogen-bond donors (Lipinski definition) is 1. The molecule has 0 spiro atoms. The first-order valence-corrected chi connectivity index (χ1v) is 7.40. The smallest absolute Gasteiger partial charge is 0.284 e. The number of hydrogen-bond acceptors (Lipinski definition) is 2. The maximum atomic E-state index is 14.1. The average molecular weight is 295 g/mol. The predicted octanol–water partition coefficient (Wildman–Crippen LogP) is 3.48. The fourth-order valence-electron chi connectivity index (χ4n) is 1.88. The van der Waals surface area contributed by atoms with Crippen LogP contribution in [0, 0.1) is 6.92 Å². The summed E-state index contributed by atoms with van der Waals surface area (Å²) in [4.78, 5) is 0.256. The average Bonchev–Trinajstić information content (AvgIpc) is 2.39. The molecule has 2 rings (SSSR count). The molecular weight excluding hydrogens is 280 g/mol. The maximum absolute atomic E-state index is 14.1. The third kappa shape index (κ3) is 3.22.